The van der Waals surface area contributed by atoms with Crippen LogP contribution in [0.15, 0.2) is 60.8 Å². The van der Waals surface area contributed by atoms with Crippen molar-refractivity contribution in [2.24, 2.45) is 0 Å². The van der Waals surface area contributed by atoms with E-state index in [4.69, 9.17) is 4.74 Å². The summed E-state index contributed by atoms with van der Waals surface area (Å²) < 4.78 is 32.7. The molecule has 2 aromatic carbocycles. The summed E-state index contributed by atoms with van der Waals surface area (Å²) in [5.74, 6) is -0.964. The van der Waals surface area contributed by atoms with E-state index in [1.54, 1.807) is 30.3 Å². The van der Waals surface area contributed by atoms with E-state index in [-0.39, 0.29) is 23.8 Å². The molecule has 30 heavy (non-hydrogen) atoms. The van der Waals surface area contributed by atoms with Crippen LogP contribution in [0, 0.1) is 5.82 Å². The van der Waals surface area contributed by atoms with Gasteiger partial charge in [0.05, 0.1) is 11.7 Å². The van der Waals surface area contributed by atoms with E-state index in [1.165, 1.54) is 30.5 Å². The average molecular weight is 409 g/mol. The van der Waals surface area contributed by atoms with Crippen molar-refractivity contribution in [3.63, 3.8) is 0 Å². The molecule has 0 bridgehead atoms. The Labute approximate surface area is 170 Å². The first kappa shape index (κ1) is 19.5. The number of amides is 2. The standard InChI is InChI=1S/C22H17F2N3O3/c23-11-13-3-5-14(6-4-13)20(21-16(24)2-1-9-25-21)27-22(29)15-7-8-17-18(10-15)30-12-19(28)26-17/h1-10,20H,11-12H2,(H,26,28)(H,27,29)/t20-/m0/s1. The fourth-order valence-corrected chi connectivity index (χ4v) is 3.15. The van der Waals surface area contributed by atoms with E-state index in [0.717, 1.165) is 0 Å². The second-order valence-corrected chi connectivity index (χ2v) is 6.70. The first-order valence-electron chi connectivity index (χ1n) is 9.18. The summed E-state index contributed by atoms with van der Waals surface area (Å²) in [4.78, 5) is 28.4. The van der Waals surface area contributed by atoms with Crippen molar-refractivity contribution in [3.05, 3.63) is 89.0 Å². The topological polar surface area (TPSA) is 80.3 Å². The summed E-state index contributed by atoms with van der Waals surface area (Å²) in [6, 6.07) is 12.8. The van der Waals surface area contributed by atoms with Gasteiger partial charge in [-0.25, -0.2) is 8.78 Å². The Hall–Kier alpha value is -3.81. The molecule has 0 fully saturated rings. The molecule has 0 aliphatic carbocycles. The molecule has 0 radical (unpaired) electrons. The Kier molecular flexibility index (Phi) is 5.38. The second kappa shape index (κ2) is 8.28. The zero-order valence-electron chi connectivity index (χ0n) is 15.7. The van der Waals surface area contributed by atoms with Gasteiger partial charge in [-0.1, -0.05) is 24.3 Å². The molecule has 3 aromatic rings. The summed E-state index contributed by atoms with van der Waals surface area (Å²) in [5.41, 5.74) is 1.81. The lowest BCUT2D eigenvalue weighted by molar-refractivity contribution is -0.118. The van der Waals surface area contributed by atoms with Gasteiger partial charge in [0.25, 0.3) is 11.8 Å². The van der Waals surface area contributed by atoms with Crippen LogP contribution in [-0.4, -0.2) is 23.4 Å². The van der Waals surface area contributed by atoms with Gasteiger partial charge >= 0.3 is 0 Å². The molecule has 2 N–H and O–H groups in total. The van der Waals surface area contributed by atoms with Gasteiger partial charge in [-0.05, 0) is 41.5 Å². The molecular weight excluding hydrogens is 392 g/mol. The van der Waals surface area contributed by atoms with Crippen molar-refractivity contribution in [2.45, 2.75) is 12.7 Å². The number of ether oxygens (including phenoxy) is 1. The van der Waals surface area contributed by atoms with Gasteiger partial charge in [0, 0.05) is 11.8 Å². The molecule has 2 amide bonds. The Morgan fingerprint density at radius 2 is 2.00 bits per heavy atom. The van der Waals surface area contributed by atoms with Crippen LogP contribution in [0.5, 0.6) is 5.75 Å². The smallest absolute Gasteiger partial charge is 0.262 e. The van der Waals surface area contributed by atoms with Crippen molar-refractivity contribution in [3.8, 4) is 5.75 Å². The zero-order chi connectivity index (χ0) is 21.1. The number of nitrogens with one attached hydrogen (secondary N) is 2. The lowest BCUT2D eigenvalue weighted by Gasteiger charge is -2.21. The number of aromatic nitrogens is 1. The number of halogens is 2. The van der Waals surface area contributed by atoms with E-state index < -0.39 is 24.4 Å². The first-order valence-corrected chi connectivity index (χ1v) is 9.18. The van der Waals surface area contributed by atoms with Gasteiger partial charge in [-0.2, -0.15) is 0 Å². The van der Waals surface area contributed by atoms with E-state index in [1.807, 2.05) is 0 Å². The minimum Gasteiger partial charge on any atom is -0.482 e. The highest BCUT2D eigenvalue weighted by Gasteiger charge is 2.24. The second-order valence-electron chi connectivity index (χ2n) is 6.70. The highest BCUT2D eigenvalue weighted by Crippen LogP contribution is 2.29. The number of benzene rings is 2. The van der Waals surface area contributed by atoms with Crippen LogP contribution < -0.4 is 15.4 Å². The maximum absolute atomic E-state index is 14.5. The van der Waals surface area contributed by atoms with Gasteiger partial charge in [0.2, 0.25) is 0 Å². The minimum absolute atomic E-state index is 0.0420. The number of hydrogen-bond acceptors (Lipinski definition) is 4. The van der Waals surface area contributed by atoms with Gasteiger partial charge < -0.3 is 15.4 Å². The third-order valence-corrected chi connectivity index (χ3v) is 4.68. The van der Waals surface area contributed by atoms with E-state index in [2.05, 4.69) is 15.6 Å². The number of rotatable bonds is 5. The average Bonchev–Trinajstić information content (AvgIpc) is 2.77. The number of alkyl halides is 1. The molecule has 0 saturated carbocycles. The Morgan fingerprint density at radius 1 is 1.20 bits per heavy atom. The SMILES string of the molecule is O=C1COc2cc(C(=O)N[C@@H](c3ccc(CF)cc3)c3ncccc3F)ccc2N1. The molecule has 1 aliphatic rings. The Morgan fingerprint density at radius 3 is 2.73 bits per heavy atom. The van der Waals surface area contributed by atoms with Crippen molar-refractivity contribution in [2.75, 3.05) is 11.9 Å². The van der Waals surface area contributed by atoms with Crippen LogP contribution in [-0.2, 0) is 11.5 Å². The normalized spacial score (nSPS) is 13.6. The molecule has 1 aliphatic heterocycles. The highest BCUT2D eigenvalue weighted by atomic mass is 19.1. The molecule has 0 saturated heterocycles. The summed E-state index contributed by atoms with van der Waals surface area (Å²) in [5, 5.41) is 5.43. The number of carbonyl (C=O) groups is 2. The van der Waals surface area contributed by atoms with Gasteiger partial charge in [-0.15, -0.1) is 0 Å². The highest BCUT2D eigenvalue weighted by molar-refractivity contribution is 5.99. The Balaban J connectivity index is 1.65. The van der Waals surface area contributed by atoms with Gasteiger partial charge in [0.15, 0.2) is 6.61 Å². The lowest BCUT2D eigenvalue weighted by atomic mass is 10.0. The third-order valence-electron chi connectivity index (χ3n) is 4.68. The molecule has 2 heterocycles. The number of hydrogen-bond donors (Lipinski definition) is 2. The molecule has 1 atom stereocenters. The summed E-state index contributed by atoms with van der Waals surface area (Å²) in [6.45, 7) is -0.762. The molecule has 0 spiro atoms. The Bertz CT molecular complexity index is 1100. The molecule has 8 heteroatoms. The summed E-state index contributed by atoms with van der Waals surface area (Å²) >= 11 is 0. The number of fused-ring (bicyclic) bond motifs is 1. The number of anilines is 1. The van der Waals surface area contributed by atoms with Gasteiger partial charge in [-0.3, -0.25) is 14.6 Å². The fourth-order valence-electron chi connectivity index (χ4n) is 3.15. The van der Waals surface area contributed by atoms with Crippen molar-refractivity contribution >= 4 is 17.5 Å². The minimum atomic E-state index is -0.885. The predicted octanol–water partition coefficient (Wildman–Crippen LogP) is 3.54. The first-order chi connectivity index (χ1) is 14.5. The predicted molar refractivity (Wildman–Crippen MR) is 105 cm³/mol. The van der Waals surface area contributed by atoms with Crippen LogP contribution in [0.4, 0.5) is 14.5 Å². The summed E-state index contributed by atoms with van der Waals surface area (Å²) in [6.07, 6.45) is 1.43. The van der Waals surface area contributed by atoms with Crippen molar-refractivity contribution in [1.82, 2.24) is 10.3 Å². The maximum Gasteiger partial charge on any atom is 0.262 e. The molecule has 0 unspecified atom stereocenters. The monoisotopic (exact) mass is 409 g/mol. The van der Waals surface area contributed by atoms with Crippen LogP contribution in [0.3, 0.4) is 0 Å². The number of nitrogens with zero attached hydrogens (tertiary/aromatic N) is 1. The molecule has 152 valence electrons. The van der Waals surface area contributed by atoms with E-state index in [9.17, 15) is 18.4 Å². The van der Waals surface area contributed by atoms with Crippen LogP contribution in [0.2, 0.25) is 0 Å². The molecular formula is C22H17F2N3O3. The van der Waals surface area contributed by atoms with Crippen molar-refractivity contribution in [1.29, 1.82) is 0 Å². The van der Waals surface area contributed by atoms with Crippen LogP contribution in [0.1, 0.15) is 33.2 Å². The summed E-state index contributed by atoms with van der Waals surface area (Å²) in [7, 11) is 0. The van der Waals surface area contributed by atoms with E-state index >= 15 is 0 Å². The van der Waals surface area contributed by atoms with Crippen molar-refractivity contribution < 1.29 is 23.1 Å². The lowest BCUT2D eigenvalue weighted by Crippen LogP contribution is -2.31. The number of pyridine rings is 1. The maximum atomic E-state index is 14.5. The van der Waals surface area contributed by atoms with Gasteiger partial charge in [0.1, 0.15) is 23.9 Å². The molecule has 6 nitrogen and oxygen atoms in total. The third kappa shape index (κ3) is 3.98. The van der Waals surface area contributed by atoms with Crippen LogP contribution in [0.25, 0.3) is 0 Å². The molecule has 1 aromatic heterocycles. The largest absolute Gasteiger partial charge is 0.482 e. The quantitative estimate of drug-likeness (QED) is 0.676. The van der Waals surface area contributed by atoms with E-state index in [0.29, 0.717) is 22.6 Å². The number of carbonyl (C=O) groups excluding carboxylic acids is 2. The van der Waals surface area contributed by atoms with Crippen LogP contribution >= 0.6 is 0 Å². The molecule has 4 rings (SSSR count). The zero-order valence-corrected chi connectivity index (χ0v) is 15.7. The fraction of sp³-hybridized carbons (Fsp3) is 0.136.